The number of hydrogen-bond acceptors (Lipinski definition) is 3. The molecule has 1 aliphatic heterocycles. The van der Waals surface area contributed by atoms with Crippen molar-refractivity contribution >= 4 is 5.78 Å². The average Bonchev–Trinajstić information content (AvgIpc) is 2.54. The van der Waals surface area contributed by atoms with Gasteiger partial charge in [0.1, 0.15) is 0 Å². The van der Waals surface area contributed by atoms with E-state index in [1.165, 1.54) is 0 Å². The number of Topliss-reactive ketones (excluding diaryl/α,β-unsaturated/α-hetero) is 1. The number of ether oxygens (including phenoxy) is 1. The van der Waals surface area contributed by atoms with Crippen molar-refractivity contribution < 1.29 is 9.53 Å². The largest absolute Gasteiger partial charge is 0.379 e. The molecule has 72 valence electrons. The molecule has 2 atom stereocenters. The first-order valence-corrected chi connectivity index (χ1v) is 4.57. The van der Waals surface area contributed by atoms with Crippen molar-refractivity contribution in [2.75, 3.05) is 19.8 Å². The van der Waals surface area contributed by atoms with Gasteiger partial charge in [0.2, 0.25) is 0 Å². The fourth-order valence-corrected chi connectivity index (χ4v) is 1.57. The monoisotopic (exact) mass is 181 g/mol. The van der Waals surface area contributed by atoms with E-state index in [9.17, 15) is 4.79 Å². The van der Waals surface area contributed by atoms with Crippen LogP contribution >= 0.6 is 0 Å². The molecule has 1 N–H and O–H groups in total. The van der Waals surface area contributed by atoms with Gasteiger partial charge >= 0.3 is 0 Å². The zero-order chi connectivity index (χ0) is 9.68. The van der Waals surface area contributed by atoms with E-state index in [1.807, 2.05) is 6.92 Å². The van der Waals surface area contributed by atoms with Gasteiger partial charge in [-0.25, -0.2) is 0 Å². The van der Waals surface area contributed by atoms with E-state index in [1.54, 1.807) is 0 Å². The maximum absolute atomic E-state index is 11.5. The smallest absolute Gasteiger partial charge is 0.151 e. The van der Waals surface area contributed by atoms with E-state index < -0.39 is 0 Å². The van der Waals surface area contributed by atoms with Gasteiger partial charge in [-0.3, -0.25) is 4.79 Å². The van der Waals surface area contributed by atoms with Crippen LogP contribution in [0.3, 0.4) is 0 Å². The summed E-state index contributed by atoms with van der Waals surface area (Å²) in [4.78, 5) is 11.5. The van der Waals surface area contributed by atoms with Crippen molar-refractivity contribution in [3.63, 3.8) is 0 Å². The van der Waals surface area contributed by atoms with E-state index in [0.717, 1.165) is 6.54 Å². The van der Waals surface area contributed by atoms with Crippen LogP contribution in [-0.2, 0) is 9.53 Å². The SMILES string of the molecule is C#CCC(=O)C1COCC1NCC. The summed E-state index contributed by atoms with van der Waals surface area (Å²) in [6.07, 6.45) is 5.30. The van der Waals surface area contributed by atoms with E-state index in [-0.39, 0.29) is 24.2 Å². The minimum atomic E-state index is -0.0454. The Labute approximate surface area is 78.8 Å². The molecule has 0 amide bonds. The number of hydrogen-bond donors (Lipinski definition) is 1. The van der Waals surface area contributed by atoms with Crippen molar-refractivity contribution in [3.8, 4) is 12.3 Å². The van der Waals surface area contributed by atoms with Crippen LogP contribution in [-0.4, -0.2) is 31.6 Å². The lowest BCUT2D eigenvalue weighted by molar-refractivity contribution is -0.122. The lowest BCUT2D eigenvalue weighted by Gasteiger charge is -2.15. The molecule has 0 saturated carbocycles. The van der Waals surface area contributed by atoms with Crippen molar-refractivity contribution in [3.05, 3.63) is 0 Å². The highest BCUT2D eigenvalue weighted by Gasteiger charge is 2.32. The molecule has 0 aromatic rings. The molecular formula is C10H15NO2. The van der Waals surface area contributed by atoms with Crippen LogP contribution < -0.4 is 5.32 Å². The van der Waals surface area contributed by atoms with Gasteiger partial charge in [0.15, 0.2) is 5.78 Å². The molecule has 13 heavy (non-hydrogen) atoms. The van der Waals surface area contributed by atoms with Gasteiger partial charge in [0.05, 0.1) is 25.6 Å². The molecular weight excluding hydrogens is 166 g/mol. The predicted molar refractivity (Wildman–Crippen MR) is 50.2 cm³/mol. The molecule has 0 aromatic carbocycles. The Balaban J connectivity index is 2.48. The highest BCUT2D eigenvalue weighted by atomic mass is 16.5. The number of ketones is 1. The molecule has 0 aromatic heterocycles. The van der Waals surface area contributed by atoms with Gasteiger partial charge in [-0.15, -0.1) is 6.42 Å². The van der Waals surface area contributed by atoms with Gasteiger partial charge in [0.25, 0.3) is 0 Å². The molecule has 3 heteroatoms. The normalized spacial score (nSPS) is 27.1. The van der Waals surface area contributed by atoms with E-state index in [2.05, 4.69) is 11.2 Å². The molecule has 0 radical (unpaired) electrons. The third-order valence-corrected chi connectivity index (χ3v) is 2.24. The highest BCUT2D eigenvalue weighted by molar-refractivity contribution is 5.84. The maximum atomic E-state index is 11.5. The van der Waals surface area contributed by atoms with Crippen LogP contribution in [0.25, 0.3) is 0 Å². The molecule has 0 spiro atoms. The lowest BCUT2D eigenvalue weighted by Crippen LogP contribution is -2.39. The fraction of sp³-hybridized carbons (Fsp3) is 0.700. The van der Waals surface area contributed by atoms with Gasteiger partial charge in [0, 0.05) is 6.04 Å². The topological polar surface area (TPSA) is 38.3 Å². The number of terminal acetylenes is 1. The lowest BCUT2D eigenvalue weighted by atomic mass is 9.96. The van der Waals surface area contributed by atoms with Crippen molar-refractivity contribution in [1.29, 1.82) is 0 Å². The molecule has 1 rings (SSSR count). The number of likely N-dealkylation sites (N-methyl/N-ethyl adjacent to an activating group) is 1. The standard InChI is InChI=1S/C10H15NO2/c1-3-5-10(12)8-6-13-7-9(8)11-4-2/h1,8-9,11H,4-7H2,2H3. The quantitative estimate of drug-likeness (QED) is 0.630. The van der Waals surface area contributed by atoms with Gasteiger partial charge < -0.3 is 10.1 Å². The molecule has 1 saturated heterocycles. The number of carbonyl (C=O) groups excluding carboxylic acids is 1. The van der Waals surface area contributed by atoms with Gasteiger partial charge in [-0.05, 0) is 6.54 Å². The first-order valence-electron chi connectivity index (χ1n) is 4.57. The Morgan fingerprint density at radius 2 is 2.46 bits per heavy atom. The van der Waals surface area contributed by atoms with Crippen LogP contribution in [0.4, 0.5) is 0 Å². The van der Waals surface area contributed by atoms with Crippen molar-refractivity contribution in [2.45, 2.75) is 19.4 Å². The second-order valence-corrected chi connectivity index (χ2v) is 3.16. The zero-order valence-electron chi connectivity index (χ0n) is 7.88. The zero-order valence-corrected chi connectivity index (χ0v) is 7.88. The van der Waals surface area contributed by atoms with Crippen LogP contribution in [0.5, 0.6) is 0 Å². The minimum absolute atomic E-state index is 0.0454. The highest BCUT2D eigenvalue weighted by Crippen LogP contribution is 2.15. The summed E-state index contributed by atoms with van der Waals surface area (Å²) < 4.78 is 5.24. The Bertz CT molecular complexity index is 219. The van der Waals surface area contributed by atoms with E-state index >= 15 is 0 Å². The Morgan fingerprint density at radius 1 is 1.69 bits per heavy atom. The van der Waals surface area contributed by atoms with E-state index in [0.29, 0.717) is 13.2 Å². The average molecular weight is 181 g/mol. The van der Waals surface area contributed by atoms with Crippen LogP contribution in [0.2, 0.25) is 0 Å². The second-order valence-electron chi connectivity index (χ2n) is 3.16. The fourth-order valence-electron chi connectivity index (χ4n) is 1.57. The summed E-state index contributed by atoms with van der Waals surface area (Å²) in [5.74, 6) is 2.45. The molecule has 1 heterocycles. The van der Waals surface area contributed by atoms with Crippen LogP contribution in [0, 0.1) is 18.3 Å². The van der Waals surface area contributed by atoms with Gasteiger partial charge in [-0.1, -0.05) is 12.8 Å². The Morgan fingerprint density at radius 3 is 3.08 bits per heavy atom. The summed E-state index contributed by atoms with van der Waals surface area (Å²) in [6.45, 7) is 4.00. The molecule has 1 fully saturated rings. The Hall–Kier alpha value is -0.850. The maximum Gasteiger partial charge on any atom is 0.151 e. The first kappa shape index (κ1) is 10.2. The summed E-state index contributed by atoms with van der Waals surface area (Å²) in [6, 6.07) is 0.158. The number of nitrogens with one attached hydrogen (secondary N) is 1. The summed E-state index contributed by atoms with van der Waals surface area (Å²) in [7, 11) is 0. The van der Waals surface area contributed by atoms with Gasteiger partial charge in [-0.2, -0.15) is 0 Å². The third-order valence-electron chi connectivity index (χ3n) is 2.24. The number of carbonyl (C=O) groups is 1. The molecule has 3 nitrogen and oxygen atoms in total. The second kappa shape index (κ2) is 5.00. The summed E-state index contributed by atoms with van der Waals surface area (Å²) in [5.41, 5.74) is 0. The number of rotatable bonds is 4. The molecule has 2 unspecified atom stereocenters. The molecule has 1 aliphatic rings. The summed E-state index contributed by atoms with van der Waals surface area (Å²) in [5, 5.41) is 3.22. The van der Waals surface area contributed by atoms with E-state index in [4.69, 9.17) is 11.2 Å². The molecule has 0 aliphatic carbocycles. The van der Waals surface area contributed by atoms with Crippen LogP contribution in [0.1, 0.15) is 13.3 Å². The first-order chi connectivity index (χ1) is 6.29. The Kier molecular flexibility index (Phi) is 3.94. The summed E-state index contributed by atoms with van der Waals surface area (Å²) >= 11 is 0. The van der Waals surface area contributed by atoms with Crippen molar-refractivity contribution in [2.24, 2.45) is 5.92 Å². The van der Waals surface area contributed by atoms with Crippen LogP contribution in [0.15, 0.2) is 0 Å². The predicted octanol–water partition coefficient (Wildman–Crippen LogP) is 0.203. The minimum Gasteiger partial charge on any atom is -0.379 e. The molecule has 0 bridgehead atoms. The third kappa shape index (κ3) is 2.55. The van der Waals surface area contributed by atoms with Crippen molar-refractivity contribution in [1.82, 2.24) is 5.32 Å².